The second-order valence-electron chi connectivity index (χ2n) is 8.40. The molecule has 1 nitrogen and oxygen atoms in total. The highest BCUT2D eigenvalue weighted by atomic mass is 16.3. The number of unbranched alkanes of at least 4 members (excludes halogenated alkanes) is 2. The number of hydrogen-bond acceptors (Lipinski definition) is 1. The van der Waals surface area contributed by atoms with Crippen molar-refractivity contribution in [3.63, 3.8) is 0 Å². The molecule has 0 radical (unpaired) electrons. The van der Waals surface area contributed by atoms with E-state index in [0.29, 0.717) is 11.8 Å². The molecule has 2 aromatic carbocycles. The summed E-state index contributed by atoms with van der Waals surface area (Å²) in [5.41, 5.74) is 5.40. The van der Waals surface area contributed by atoms with Crippen LogP contribution in [0.2, 0.25) is 0 Å². The zero-order valence-corrected chi connectivity index (χ0v) is 17.2. The molecule has 0 saturated heterocycles. The van der Waals surface area contributed by atoms with E-state index >= 15 is 0 Å². The maximum atomic E-state index is 10.6. The van der Waals surface area contributed by atoms with Gasteiger partial charge in [0.15, 0.2) is 0 Å². The summed E-state index contributed by atoms with van der Waals surface area (Å²) in [5, 5.41) is 10.6. The van der Waals surface area contributed by atoms with Crippen LogP contribution < -0.4 is 0 Å². The molecule has 146 valence electrons. The quantitative estimate of drug-likeness (QED) is 0.494. The summed E-state index contributed by atoms with van der Waals surface area (Å²) in [4.78, 5) is 0. The average molecular weight is 365 g/mol. The molecule has 1 heteroatoms. The molecule has 1 N–H and O–H groups in total. The Balaban J connectivity index is 1.59. The molecule has 0 spiro atoms. The van der Waals surface area contributed by atoms with Crippen LogP contribution in [0.5, 0.6) is 0 Å². The Morgan fingerprint density at radius 1 is 0.815 bits per heavy atom. The minimum absolute atomic E-state index is 0.119. The van der Waals surface area contributed by atoms with Crippen molar-refractivity contribution in [1.82, 2.24) is 0 Å². The van der Waals surface area contributed by atoms with Gasteiger partial charge in [-0.25, -0.2) is 0 Å². The first kappa shape index (κ1) is 20.1. The first-order valence-electron chi connectivity index (χ1n) is 11.1. The number of aliphatic hydroxyl groups is 1. The van der Waals surface area contributed by atoms with Crippen LogP contribution in [0.1, 0.15) is 82.3 Å². The van der Waals surface area contributed by atoms with Crippen LogP contribution in [0.3, 0.4) is 0 Å². The van der Waals surface area contributed by atoms with Gasteiger partial charge in [-0.2, -0.15) is 0 Å². The third kappa shape index (κ3) is 5.45. The van der Waals surface area contributed by atoms with E-state index in [4.69, 9.17) is 0 Å². The molecule has 27 heavy (non-hydrogen) atoms. The van der Waals surface area contributed by atoms with Crippen molar-refractivity contribution in [2.75, 3.05) is 0 Å². The lowest BCUT2D eigenvalue weighted by molar-refractivity contribution is 0.0548. The second kappa shape index (κ2) is 10.1. The predicted octanol–water partition coefficient (Wildman–Crippen LogP) is 7.13. The third-order valence-corrected chi connectivity index (χ3v) is 6.34. The maximum Gasteiger partial charge on any atom is 0.0574 e. The van der Waals surface area contributed by atoms with E-state index in [-0.39, 0.29) is 6.10 Å². The Morgan fingerprint density at radius 2 is 1.48 bits per heavy atom. The summed E-state index contributed by atoms with van der Waals surface area (Å²) in [6, 6.07) is 18.1. The van der Waals surface area contributed by atoms with Crippen LogP contribution in [0.25, 0.3) is 11.1 Å². The van der Waals surface area contributed by atoms with E-state index in [9.17, 15) is 5.11 Å². The molecular weight excluding hydrogens is 328 g/mol. The van der Waals surface area contributed by atoms with Crippen molar-refractivity contribution < 1.29 is 5.11 Å². The van der Waals surface area contributed by atoms with Gasteiger partial charge in [0.2, 0.25) is 0 Å². The van der Waals surface area contributed by atoms with Crippen LogP contribution in [0.4, 0.5) is 0 Å². The van der Waals surface area contributed by atoms with Crippen molar-refractivity contribution in [3.8, 4) is 11.1 Å². The molecule has 0 bridgehead atoms. The van der Waals surface area contributed by atoms with Gasteiger partial charge in [0.1, 0.15) is 0 Å². The number of benzene rings is 2. The standard InChI is InChI=1S/C26H36O/c1-3-5-6-8-24-17-18-25(19-26(24)27)23-15-13-22(14-16-23)21-11-9-20(7-4-2)10-12-21/h9-16,24-27H,3-8,17-19H2,1-2H3/t24-,25?,26-/m1/s1. The monoisotopic (exact) mass is 364 g/mol. The maximum absolute atomic E-state index is 10.6. The van der Waals surface area contributed by atoms with E-state index < -0.39 is 0 Å². The average Bonchev–Trinajstić information content (AvgIpc) is 2.70. The molecule has 1 saturated carbocycles. The first-order chi connectivity index (χ1) is 13.2. The first-order valence-corrected chi connectivity index (χ1v) is 11.1. The lowest BCUT2D eigenvalue weighted by Gasteiger charge is -2.33. The third-order valence-electron chi connectivity index (χ3n) is 6.34. The Hall–Kier alpha value is -1.60. The van der Waals surface area contributed by atoms with Gasteiger partial charge in [0, 0.05) is 0 Å². The van der Waals surface area contributed by atoms with Gasteiger partial charge in [-0.3, -0.25) is 0 Å². The van der Waals surface area contributed by atoms with Gasteiger partial charge in [-0.1, -0.05) is 88.1 Å². The van der Waals surface area contributed by atoms with Gasteiger partial charge < -0.3 is 5.11 Å². The normalized spacial score (nSPS) is 22.7. The molecule has 1 fully saturated rings. The van der Waals surface area contributed by atoms with Crippen molar-refractivity contribution >= 4 is 0 Å². The van der Waals surface area contributed by atoms with Crippen LogP contribution in [0, 0.1) is 5.92 Å². The van der Waals surface area contributed by atoms with Gasteiger partial charge >= 0.3 is 0 Å². The zero-order valence-electron chi connectivity index (χ0n) is 17.2. The minimum Gasteiger partial charge on any atom is -0.393 e. The van der Waals surface area contributed by atoms with E-state index in [1.54, 1.807) is 0 Å². The summed E-state index contributed by atoms with van der Waals surface area (Å²) in [5.74, 6) is 1.04. The van der Waals surface area contributed by atoms with Gasteiger partial charge in [-0.05, 0) is 66.2 Å². The molecule has 3 atom stereocenters. The highest BCUT2D eigenvalue weighted by Crippen LogP contribution is 2.38. The fraction of sp³-hybridized carbons (Fsp3) is 0.538. The van der Waals surface area contributed by atoms with Crippen molar-refractivity contribution in [2.45, 2.75) is 83.7 Å². The Morgan fingerprint density at radius 3 is 2.07 bits per heavy atom. The van der Waals surface area contributed by atoms with Crippen LogP contribution in [-0.4, -0.2) is 11.2 Å². The van der Waals surface area contributed by atoms with Gasteiger partial charge in [0.05, 0.1) is 6.10 Å². The van der Waals surface area contributed by atoms with E-state index in [1.807, 2.05) is 0 Å². The lowest BCUT2D eigenvalue weighted by atomic mass is 9.75. The van der Waals surface area contributed by atoms with Gasteiger partial charge in [-0.15, -0.1) is 0 Å². The number of aliphatic hydroxyl groups excluding tert-OH is 1. The molecule has 3 rings (SSSR count). The molecule has 1 aliphatic rings. The SMILES string of the molecule is CCCCC[C@@H]1CCC(c2ccc(-c3ccc(CCC)cc3)cc2)C[C@H]1O. The summed E-state index contributed by atoms with van der Waals surface area (Å²) in [6.45, 7) is 4.47. The van der Waals surface area contributed by atoms with Crippen LogP contribution in [0.15, 0.2) is 48.5 Å². The van der Waals surface area contributed by atoms with Crippen molar-refractivity contribution in [3.05, 3.63) is 59.7 Å². The molecular formula is C26H36O. The molecule has 1 unspecified atom stereocenters. The highest BCUT2D eigenvalue weighted by molar-refractivity contribution is 5.64. The van der Waals surface area contributed by atoms with Crippen molar-refractivity contribution in [1.29, 1.82) is 0 Å². The Labute approximate surface area is 165 Å². The molecule has 2 aromatic rings. The highest BCUT2D eigenvalue weighted by Gasteiger charge is 2.29. The molecule has 0 amide bonds. The summed E-state index contributed by atoms with van der Waals surface area (Å²) in [7, 11) is 0. The lowest BCUT2D eigenvalue weighted by Crippen LogP contribution is -2.28. The molecule has 0 heterocycles. The minimum atomic E-state index is -0.119. The molecule has 1 aliphatic carbocycles. The van der Waals surface area contributed by atoms with E-state index in [1.165, 1.54) is 67.2 Å². The summed E-state index contributed by atoms with van der Waals surface area (Å²) in [6.07, 6.45) is 10.6. The van der Waals surface area contributed by atoms with Crippen LogP contribution >= 0.6 is 0 Å². The Bertz CT molecular complexity index is 670. The molecule has 0 aromatic heterocycles. The summed E-state index contributed by atoms with van der Waals surface area (Å²) < 4.78 is 0. The topological polar surface area (TPSA) is 20.2 Å². The molecule has 0 aliphatic heterocycles. The number of hydrogen-bond donors (Lipinski definition) is 1. The van der Waals surface area contributed by atoms with Crippen LogP contribution in [-0.2, 0) is 6.42 Å². The second-order valence-corrected chi connectivity index (χ2v) is 8.40. The van der Waals surface area contributed by atoms with Crippen molar-refractivity contribution in [2.24, 2.45) is 5.92 Å². The van der Waals surface area contributed by atoms with Gasteiger partial charge in [0.25, 0.3) is 0 Å². The fourth-order valence-electron chi connectivity index (χ4n) is 4.61. The number of aryl methyl sites for hydroxylation is 1. The largest absolute Gasteiger partial charge is 0.393 e. The number of rotatable bonds is 8. The zero-order chi connectivity index (χ0) is 19.1. The predicted molar refractivity (Wildman–Crippen MR) is 116 cm³/mol. The Kier molecular flexibility index (Phi) is 7.52. The summed E-state index contributed by atoms with van der Waals surface area (Å²) >= 11 is 0. The van der Waals surface area contributed by atoms with E-state index in [2.05, 4.69) is 62.4 Å². The smallest absolute Gasteiger partial charge is 0.0574 e. The fourth-order valence-corrected chi connectivity index (χ4v) is 4.61. The van der Waals surface area contributed by atoms with E-state index in [0.717, 1.165) is 12.8 Å².